The summed E-state index contributed by atoms with van der Waals surface area (Å²) in [4.78, 5) is 17.8. The van der Waals surface area contributed by atoms with Crippen molar-refractivity contribution in [3.63, 3.8) is 0 Å². The number of esters is 1. The second-order valence-electron chi connectivity index (χ2n) is 10.8. The summed E-state index contributed by atoms with van der Waals surface area (Å²) in [6, 6.07) is 43.9. The van der Waals surface area contributed by atoms with E-state index in [4.69, 9.17) is 9.15 Å². The van der Waals surface area contributed by atoms with E-state index in [-0.39, 0.29) is 5.97 Å². The molecule has 0 spiro atoms. The van der Waals surface area contributed by atoms with Crippen LogP contribution in [-0.4, -0.2) is 23.7 Å². The van der Waals surface area contributed by atoms with Crippen molar-refractivity contribution in [1.82, 2.24) is 4.98 Å². The summed E-state index contributed by atoms with van der Waals surface area (Å²) in [5.41, 5.74) is 4.97. The monoisotopic (exact) mass is 571 g/mol. The average Bonchev–Trinajstić information content (AvgIpc) is 3.46. The Kier molecular flexibility index (Phi) is 7.99. The van der Waals surface area contributed by atoms with Crippen LogP contribution in [0.3, 0.4) is 0 Å². The molecular weight excluding hydrogens is 537 g/mol. The first kappa shape index (κ1) is 27.6. The minimum atomic E-state index is -2.36. The van der Waals surface area contributed by atoms with Crippen molar-refractivity contribution in [3.8, 4) is 11.5 Å². The van der Waals surface area contributed by atoms with Crippen LogP contribution in [-0.2, 0) is 4.74 Å². The molecule has 0 saturated carbocycles. The molecule has 1 heterocycles. The fraction of sp³-hybridized carbons (Fsp3) is 0.135. The third-order valence-electron chi connectivity index (χ3n) is 7.82. The molecule has 5 aromatic carbocycles. The van der Waals surface area contributed by atoms with E-state index in [0.717, 1.165) is 29.3 Å². The molecule has 0 fully saturated rings. The van der Waals surface area contributed by atoms with Gasteiger partial charge in [0.15, 0.2) is 0 Å². The summed E-state index contributed by atoms with van der Waals surface area (Å²) in [7, 11) is -2.36. The van der Waals surface area contributed by atoms with Gasteiger partial charge in [-0.15, -0.1) is 0 Å². The molecule has 6 rings (SSSR count). The van der Waals surface area contributed by atoms with Gasteiger partial charge in [-0.2, -0.15) is 0 Å². The number of carbonyl (C=O) groups is 1. The topological polar surface area (TPSA) is 52.3 Å². The number of ether oxygens (including phenoxy) is 1. The molecule has 0 radical (unpaired) electrons. The molecule has 6 aromatic rings. The molecule has 0 aliphatic carbocycles. The average molecular weight is 572 g/mol. The van der Waals surface area contributed by atoms with Crippen LogP contribution in [0, 0.1) is 13.8 Å². The van der Waals surface area contributed by atoms with E-state index < -0.39 is 7.26 Å². The van der Waals surface area contributed by atoms with Crippen molar-refractivity contribution in [1.29, 1.82) is 0 Å². The van der Waals surface area contributed by atoms with E-state index in [1.807, 2.05) is 6.07 Å². The van der Waals surface area contributed by atoms with Crippen LogP contribution >= 0.6 is 7.26 Å². The number of hydrogen-bond donors (Lipinski definition) is 0. The van der Waals surface area contributed by atoms with Gasteiger partial charge in [0.05, 0.1) is 0 Å². The fourth-order valence-corrected chi connectivity index (χ4v) is 10.8. The maximum atomic E-state index is 13.1. The molecule has 5 heteroatoms. The van der Waals surface area contributed by atoms with E-state index in [9.17, 15) is 4.79 Å². The van der Waals surface area contributed by atoms with Gasteiger partial charge in [-0.1, -0.05) is 17.2 Å². The van der Waals surface area contributed by atoms with Gasteiger partial charge in [-0.3, -0.25) is 0 Å². The molecule has 42 heavy (non-hydrogen) atoms. The number of carbonyl (C=O) groups excluding carboxylic acids is 1. The van der Waals surface area contributed by atoms with Crippen LogP contribution in [0.1, 0.15) is 27.9 Å². The van der Waals surface area contributed by atoms with Gasteiger partial charge in [-0.05, 0) is 13.8 Å². The third kappa shape index (κ3) is 5.64. The Balaban J connectivity index is 1.21. The summed E-state index contributed by atoms with van der Waals surface area (Å²) >= 11 is 0. The summed E-state index contributed by atoms with van der Waals surface area (Å²) in [6.07, 6.45) is 1.66. The second-order valence-corrected chi connectivity index (χ2v) is 14.9. The zero-order valence-corrected chi connectivity index (χ0v) is 24.9. The standard InChI is InChI=1S/C37H34NO3P/c1-27-23-28(2)25-30(24-27)36-38-34-20-19-29(26-35(34)41-36)37(39)40-21-12-22-42(31-13-6-3-7-14-31,32-15-8-4-9-16-32)33-17-10-5-11-18-33/h3-11,13-20,23-26,42H,12,21-22H2,1-2H3. The summed E-state index contributed by atoms with van der Waals surface area (Å²) < 4.78 is 11.9. The molecule has 210 valence electrons. The Labute approximate surface area is 247 Å². The summed E-state index contributed by atoms with van der Waals surface area (Å²) in [5.74, 6) is 0.194. The van der Waals surface area contributed by atoms with Crippen LogP contribution in [0.25, 0.3) is 22.6 Å². The predicted molar refractivity (Wildman–Crippen MR) is 175 cm³/mol. The maximum absolute atomic E-state index is 13.1. The first-order chi connectivity index (χ1) is 20.5. The molecule has 4 nitrogen and oxygen atoms in total. The van der Waals surface area contributed by atoms with E-state index in [0.29, 0.717) is 29.2 Å². The number of hydrogen-bond acceptors (Lipinski definition) is 4. The van der Waals surface area contributed by atoms with Crippen molar-refractivity contribution in [2.75, 3.05) is 12.8 Å². The van der Waals surface area contributed by atoms with Crippen molar-refractivity contribution in [2.45, 2.75) is 20.3 Å². The number of benzene rings is 5. The third-order valence-corrected chi connectivity index (χ3v) is 12.9. The minimum absolute atomic E-state index is 0.336. The summed E-state index contributed by atoms with van der Waals surface area (Å²) in [6.45, 7) is 4.45. The van der Waals surface area contributed by atoms with Crippen molar-refractivity contribution in [3.05, 3.63) is 144 Å². The second kappa shape index (κ2) is 12.1. The first-order valence-corrected chi connectivity index (χ1v) is 16.6. The zero-order chi connectivity index (χ0) is 28.9. The molecule has 0 aliphatic heterocycles. The fourth-order valence-electron chi connectivity index (χ4n) is 5.96. The predicted octanol–water partition coefficient (Wildman–Crippen LogP) is 7.38. The van der Waals surface area contributed by atoms with Crippen LogP contribution in [0.5, 0.6) is 0 Å². The number of aryl methyl sites for hydroxylation is 2. The molecule has 0 bridgehead atoms. The van der Waals surface area contributed by atoms with Crippen LogP contribution < -0.4 is 15.9 Å². The molecule has 1 aromatic heterocycles. The molecule has 0 aliphatic rings. The number of nitrogens with zero attached hydrogens (tertiary/aromatic N) is 1. The normalized spacial score (nSPS) is 11.9. The van der Waals surface area contributed by atoms with E-state index in [2.05, 4.69) is 128 Å². The van der Waals surface area contributed by atoms with E-state index in [1.165, 1.54) is 15.9 Å². The number of fused-ring (bicyclic) bond motifs is 1. The van der Waals surface area contributed by atoms with E-state index >= 15 is 0 Å². The first-order valence-electron chi connectivity index (χ1n) is 14.4. The Hall–Kier alpha value is -4.53. The van der Waals surface area contributed by atoms with Gasteiger partial charge < -0.3 is 0 Å². The Morgan fingerprint density at radius 3 is 1.81 bits per heavy atom. The zero-order valence-electron chi connectivity index (χ0n) is 23.9. The van der Waals surface area contributed by atoms with Crippen molar-refractivity contribution < 1.29 is 13.9 Å². The van der Waals surface area contributed by atoms with Crippen molar-refractivity contribution >= 4 is 40.2 Å². The van der Waals surface area contributed by atoms with Gasteiger partial charge in [0, 0.05) is 0 Å². The molecule has 0 unspecified atom stereocenters. The van der Waals surface area contributed by atoms with Crippen molar-refractivity contribution in [2.24, 2.45) is 0 Å². The number of rotatable bonds is 9. The molecule has 0 atom stereocenters. The summed E-state index contributed by atoms with van der Waals surface area (Å²) in [5, 5.41) is 4.05. The quantitative estimate of drug-likeness (QED) is 0.103. The van der Waals surface area contributed by atoms with Gasteiger partial charge in [0.25, 0.3) is 0 Å². The van der Waals surface area contributed by atoms with Crippen LogP contribution in [0.4, 0.5) is 0 Å². The number of oxazole rings is 1. The molecule has 0 N–H and O–H groups in total. The van der Waals surface area contributed by atoms with Gasteiger partial charge >= 0.3 is 217 Å². The molecule has 0 saturated heterocycles. The Morgan fingerprint density at radius 1 is 0.714 bits per heavy atom. The molecular formula is C37H34NO3P. The van der Waals surface area contributed by atoms with Gasteiger partial charge in [0.2, 0.25) is 0 Å². The van der Waals surface area contributed by atoms with Crippen LogP contribution in [0.15, 0.2) is 132 Å². The molecule has 0 amide bonds. The number of aromatic nitrogens is 1. The van der Waals surface area contributed by atoms with E-state index in [1.54, 1.807) is 12.1 Å². The van der Waals surface area contributed by atoms with Gasteiger partial charge in [-0.25, -0.2) is 0 Å². The Morgan fingerprint density at radius 2 is 1.26 bits per heavy atom. The SMILES string of the molecule is Cc1cc(C)cc(-c2nc3ccc(C(=O)OCCC[PH](c4ccccc4)(c4ccccc4)c4ccccc4)cc3o2)c1. The Bertz CT molecular complexity index is 1700. The van der Waals surface area contributed by atoms with Gasteiger partial charge in [0.1, 0.15) is 0 Å². The van der Waals surface area contributed by atoms with Crippen LogP contribution in [0.2, 0.25) is 0 Å².